The van der Waals surface area contributed by atoms with E-state index in [1.54, 1.807) is 0 Å². The Labute approximate surface area is 133 Å². The minimum Gasteiger partial charge on any atom is -1.00 e. The third-order valence-corrected chi connectivity index (χ3v) is 3.32. The van der Waals surface area contributed by atoms with Gasteiger partial charge in [0.05, 0.1) is 0 Å². The SMILES string of the molecule is C1=CCCCCCC1.C1=CCCCCCC1.[Cl-].[Rh]. The Hall–Kier alpha value is 0.393. The van der Waals surface area contributed by atoms with Crippen molar-refractivity contribution in [2.75, 3.05) is 0 Å². The van der Waals surface area contributed by atoms with Gasteiger partial charge in [0.2, 0.25) is 0 Å². The number of allylic oxidation sites excluding steroid dienone is 4. The molecule has 0 unspecified atom stereocenters. The molecule has 2 aliphatic carbocycles. The quantitative estimate of drug-likeness (QED) is 0.461. The van der Waals surface area contributed by atoms with E-state index in [-0.39, 0.29) is 31.9 Å². The molecule has 18 heavy (non-hydrogen) atoms. The van der Waals surface area contributed by atoms with Gasteiger partial charge in [-0.15, -0.1) is 0 Å². The molecule has 109 valence electrons. The average Bonchev–Trinajstić information content (AvgIpc) is 2.15. The molecule has 0 fully saturated rings. The third kappa shape index (κ3) is 14.5. The van der Waals surface area contributed by atoms with Crippen molar-refractivity contribution in [2.45, 2.75) is 77.0 Å². The van der Waals surface area contributed by atoms with Crippen molar-refractivity contribution in [3.05, 3.63) is 24.3 Å². The molecular weight excluding hydrogens is 331 g/mol. The largest absolute Gasteiger partial charge is 1.00 e. The number of hydrogen-bond donors (Lipinski definition) is 0. The van der Waals surface area contributed by atoms with Crippen molar-refractivity contribution in [1.82, 2.24) is 0 Å². The van der Waals surface area contributed by atoms with Gasteiger partial charge < -0.3 is 12.4 Å². The molecule has 0 amide bonds. The van der Waals surface area contributed by atoms with Gasteiger partial charge in [-0.1, -0.05) is 50.0 Å². The number of halogens is 1. The predicted octanol–water partition coefficient (Wildman–Crippen LogP) is 2.80. The molecule has 0 atom stereocenters. The van der Waals surface area contributed by atoms with Crippen LogP contribution in [-0.4, -0.2) is 0 Å². The molecule has 2 rings (SSSR count). The smallest absolute Gasteiger partial charge is 0 e. The van der Waals surface area contributed by atoms with Gasteiger partial charge >= 0.3 is 0 Å². The molecule has 0 saturated heterocycles. The maximum Gasteiger partial charge on any atom is 0 e. The summed E-state index contributed by atoms with van der Waals surface area (Å²) >= 11 is 0. The second-order valence-electron chi connectivity index (χ2n) is 4.93. The fraction of sp³-hybridized carbons (Fsp3) is 0.750. The van der Waals surface area contributed by atoms with E-state index in [0.29, 0.717) is 0 Å². The van der Waals surface area contributed by atoms with Crippen molar-refractivity contribution in [2.24, 2.45) is 0 Å². The van der Waals surface area contributed by atoms with Crippen LogP contribution in [0.1, 0.15) is 77.0 Å². The molecule has 2 heteroatoms. The maximum absolute atomic E-state index is 2.32. The molecule has 0 aromatic heterocycles. The van der Waals surface area contributed by atoms with Crippen LogP contribution in [-0.2, 0) is 19.5 Å². The molecule has 0 saturated carbocycles. The summed E-state index contributed by atoms with van der Waals surface area (Å²) in [6, 6.07) is 0. The minimum atomic E-state index is 0. The maximum atomic E-state index is 2.32. The molecule has 0 aromatic carbocycles. The zero-order valence-electron chi connectivity index (χ0n) is 11.5. The van der Waals surface area contributed by atoms with Crippen LogP contribution in [0.25, 0.3) is 0 Å². The first kappa shape index (κ1) is 20.7. The third-order valence-electron chi connectivity index (χ3n) is 3.32. The first-order chi connectivity index (χ1) is 8.00. The van der Waals surface area contributed by atoms with Gasteiger partial charge in [0.25, 0.3) is 0 Å². The standard InChI is InChI=1S/2C8H14.ClH.Rh/c2*1-2-4-6-8-7-5-3-1;;/h2*1-2H,3-8H2;1H;/p-1. The Morgan fingerprint density at radius 3 is 0.833 bits per heavy atom. The van der Waals surface area contributed by atoms with Crippen LogP contribution in [0.5, 0.6) is 0 Å². The minimum absolute atomic E-state index is 0. The van der Waals surface area contributed by atoms with Gasteiger partial charge in [-0.3, -0.25) is 0 Å². The van der Waals surface area contributed by atoms with E-state index >= 15 is 0 Å². The van der Waals surface area contributed by atoms with Crippen LogP contribution in [0, 0.1) is 0 Å². The second-order valence-corrected chi connectivity index (χ2v) is 4.93. The first-order valence-corrected chi connectivity index (χ1v) is 7.30. The topological polar surface area (TPSA) is 0 Å². The van der Waals surface area contributed by atoms with E-state index in [4.69, 9.17) is 0 Å². The summed E-state index contributed by atoms with van der Waals surface area (Å²) in [6.07, 6.45) is 26.0. The van der Waals surface area contributed by atoms with Crippen LogP contribution < -0.4 is 12.4 Å². The van der Waals surface area contributed by atoms with E-state index in [9.17, 15) is 0 Å². The summed E-state index contributed by atoms with van der Waals surface area (Å²) < 4.78 is 0. The average molecular weight is 359 g/mol. The Morgan fingerprint density at radius 1 is 0.389 bits per heavy atom. The summed E-state index contributed by atoms with van der Waals surface area (Å²) in [5, 5.41) is 0. The van der Waals surface area contributed by atoms with Gasteiger partial charge in [0.1, 0.15) is 0 Å². The van der Waals surface area contributed by atoms with Gasteiger partial charge in [-0.25, -0.2) is 0 Å². The molecule has 0 N–H and O–H groups in total. The summed E-state index contributed by atoms with van der Waals surface area (Å²) in [4.78, 5) is 0. The molecular formula is C16H28ClRh-. The molecule has 0 spiro atoms. The number of hydrogen-bond acceptors (Lipinski definition) is 0. The zero-order valence-corrected chi connectivity index (χ0v) is 13.9. The molecule has 2 aliphatic rings. The fourth-order valence-corrected chi connectivity index (χ4v) is 2.23. The summed E-state index contributed by atoms with van der Waals surface area (Å²) in [5.74, 6) is 0. The van der Waals surface area contributed by atoms with E-state index in [1.165, 1.54) is 77.0 Å². The second kappa shape index (κ2) is 17.4. The summed E-state index contributed by atoms with van der Waals surface area (Å²) in [5.41, 5.74) is 0. The summed E-state index contributed by atoms with van der Waals surface area (Å²) in [6.45, 7) is 0. The van der Waals surface area contributed by atoms with E-state index in [0.717, 1.165) is 0 Å². The van der Waals surface area contributed by atoms with Crippen molar-refractivity contribution >= 4 is 0 Å². The van der Waals surface area contributed by atoms with Gasteiger partial charge in [0, 0.05) is 19.5 Å². The molecule has 0 aliphatic heterocycles. The molecule has 0 bridgehead atoms. The van der Waals surface area contributed by atoms with Crippen molar-refractivity contribution < 1.29 is 31.9 Å². The van der Waals surface area contributed by atoms with E-state index < -0.39 is 0 Å². The monoisotopic (exact) mass is 358 g/mol. The molecule has 0 aromatic rings. The predicted molar refractivity (Wildman–Crippen MR) is 73.7 cm³/mol. The normalized spacial score (nSPS) is 19.6. The molecule has 0 heterocycles. The van der Waals surface area contributed by atoms with Crippen LogP contribution in [0.15, 0.2) is 24.3 Å². The summed E-state index contributed by atoms with van der Waals surface area (Å²) in [7, 11) is 0. The fourth-order valence-electron chi connectivity index (χ4n) is 2.23. The molecule has 1 radical (unpaired) electrons. The van der Waals surface area contributed by atoms with Crippen LogP contribution in [0.2, 0.25) is 0 Å². The molecule has 0 nitrogen and oxygen atoms in total. The first-order valence-electron chi connectivity index (χ1n) is 7.30. The van der Waals surface area contributed by atoms with E-state index in [1.807, 2.05) is 0 Å². The Kier molecular flexibility index (Phi) is 20.0. The Bertz CT molecular complexity index is 157. The van der Waals surface area contributed by atoms with Gasteiger partial charge in [-0.05, 0) is 51.4 Å². The zero-order chi connectivity index (χ0) is 11.3. The van der Waals surface area contributed by atoms with Crippen LogP contribution in [0.4, 0.5) is 0 Å². The van der Waals surface area contributed by atoms with Crippen LogP contribution in [0.3, 0.4) is 0 Å². The Morgan fingerprint density at radius 2 is 0.611 bits per heavy atom. The van der Waals surface area contributed by atoms with Crippen molar-refractivity contribution in [3.63, 3.8) is 0 Å². The van der Waals surface area contributed by atoms with Crippen LogP contribution >= 0.6 is 0 Å². The van der Waals surface area contributed by atoms with Gasteiger partial charge in [0.15, 0.2) is 0 Å². The Balaban J connectivity index is 0. The van der Waals surface area contributed by atoms with E-state index in [2.05, 4.69) is 24.3 Å². The van der Waals surface area contributed by atoms with Crippen molar-refractivity contribution in [3.8, 4) is 0 Å². The number of rotatable bonds is 0. The van der Waals surface area contributed by atoms with Crippen molar-refractivity contribution in [1.29, 1.82) is 0 Å². The van der Waals surface area contributed by atoms with Gasteiger partial charge in [-0.2, -0.15) is 0 Å².